The van der Waals surface area contributed by atoms with Gasteiger partial charge in [0, 0.05) is 14.2 Å². The Labute approximate surface area is 53.6 Å². The minimum atomic E-state index is -1.22. The first kappa shape index (κ1) is 6.95. The fraction of sp³-hybridized carbons (Fsp3) is 1.00. The van der Waals surface area contributed by atoms with Crippen LogP contribution in [0.25, 0.3) is 0 Å². The van der Waals surface area contributed by atoms with Crippen molar-refractivity contribution < 1.29 is 18.9 Å². The molecule has 1 aliphatic rings. The zero-order valence-electron chi connectivity index (χ0n) is 5.55. The first-order valence-electron chi connectivity index (χ1n) is 2.71. The summed E-state index contributed by atoms with van der Waals surface area (Å²) in [5, 5.41) is 0. The van der Waals surface area contributed by atoms with Crippen LogP contribution in [0, 0.1) is 0 Å². The summed E-state index contributed by atoms with van der Waals surface area (Å²) >= 11 is 0. The van der Waals surface area contributed by atoms with Crippen LogP contribution < -0.4 is 0 Å². The van der Waals surface area contributed by atoms with Crippen molar-refractivity contribution in [2.45, 2.75) is 6.16 Å². The van der Waals surface area contributed by atoms with Gasteiger partial charge in [0.2, 0.25) is 0 Å². The largest absolute Gasteiger partial charge is 0.412 e. The van der Waals surface area contributed by atoms with E-state index in [4.69, 9.17) is 18.9 Å². The molecule has 0 N–H and O–H groups in total. The third-order valence-corrected chi connectivity index (χ3v) is 1.14. The van der Waals surface area contributed by atoms with E-state index in [1.807, 2.05) is 0 Å². The van der Waals surface area contributed by atoms with Crippen LogP contribution in [-0.4, -0.2) is 33.6 Å². The minimum Gasteiger partial charge on any atom is -0.307 e. The normalized spacial score (nSPS) is 24.7. The van der Waals surface area contributed by atoms with Crippen molar-refractivity contribution in [3.8, 4) is 0 Å². The second-order valence-corrected chi connectivity index (χ2v) is 1.61. The Bertz CT molecular complexity index is 81.0. The van der Waals surface area contributed by atoms with Crippen LogP contribution in [0.3, 0.4) is 0 Å². The quantitative estimate of drug-likeness (QED) is 0.496. The molecule has 4 heteroatoms. The average Bonchev–Trinajstić information content (AvgIpc) is 2.36. The molecular formula is C5H10O4. The summed E-state index contributed by atoms with van der Waals surface area (Å²) < 4.78 is 19.5. The number of hydrogen-bond acceptors (Lipinski definition) is 4. The lowest BCUT2D eigenvalue weighted by Gasteiger charge is -2.21. The van der Waals surface area contributed by atoms with E-state index >= 15 is 0 Å². The van der Waals surface area contributed by atoms with Gasteiger partial charge in [-0.05, 0) is 0 Å². The van der Waals surface area contributed by atoms with Gasteiger partial charge >= 0.3 is 6.16 Å². The first-order valence-corrected chi connectivity index (χ1v) is 2.71. The van der Waals surface area contributed by atoms with Crippen molar-refractivity contribution in [2.75, 3.05) is 27.4 Å². The van der Waals surface area contributed by atoms with Gasteiger partial charge < -0.3 is 18.9 Å². The third-order valence-electron chi connectivity index (χ3n) is 1.14. The van der Waals surface area contributed by atoms with Crippen LogP contribution >= 0.6 is 0 Å². The maximum absolute atomic E-state index is 4.97. The number of rotatable bonds is 2. The third kappa shape index (κ3) is 1.21. The summed E-state index contributed by atoms with van der Waals surface area (Å²) in [6.45, 7) is 1.03. The Hall–Kier alpha value is -0.160. The van der Waals surface area contributed by atoms with Crippen LogP contribution in [0.1, 0.15) is 0 Å². The smallest absolute Gasteiger partial charge is 0.307 e. The molecule has 0 aromatic carbocycles. The summed E-state index contributed by atoms with van der Waals surface area (Å²) in [5.74, 6) is 0. The van der Waals surface area contributed by atoms with Crippen molar-refractivity contribution in [3.63, 3.8) is 0 Å². The molecular weight excluding hydrogens is 124 g/mol. The van der Waals surface area contributed by atoms with Crippen LogP contribution in [0.2, 0.25) is 0 Å². The monoisotopic (exact) mass is 134 g/mol. The predicted octanol–water partition coefficient (Wildman–Crippen LogP) is -0.0627. The van der Waals surface area contributed by atoms with Crippen molar-refractivity contribution in [1.29, 1.82) is 0 Å². The van der Waals surface area contributed by atoms with E-state index in [1.165, 1.54) is 14.2 Å². The molecule has 1 aliphatic heterocycles. The Morgan fingerprint density at radius 2 is 1.56 bits per heavy atom. The van der Waals surface area contributed by atoms with Gasteiger partial charge in [-0.25, -0.2) is 0 Å². The first-order chi connectivity index (χ1) is 4.33. The summed E-state index contributed by atoms with van der Waals surface area (Å²) in [4.78, 5) is 0. The molecule has 0 amide bonds. The molecule has 0 saturated carbocycles. The molecule has 1 heterocycles. The molecule has 4 nitrogen and oxygen atoms in total. The van der Waals surface area contributed by atoms with E-state index in [9.17, 15) is 0 Å². The summed E-state index contributed by atoms with van der Waals surface area (Å²) in [6, 6.07) is 0. The predicted molar refractivity (Wildman–Crippen MR) is 28.7 cm³/mol. The highest BCUT2D eigenvalue weighted by Crippen LogP contribution is 2.19. The molecule has 0 radical (unpaired) electrons. The second-order valence-electron chi connectivity index (χ2n) is 1.61. The van der Waals surface area contributed by atoms with Crippen molar-refractivity contribution in [1.82, 2.24) is 0 Å². The lowest BCUT2D eigenvalue weighted by molar-refractivity contribution is -0.448. The van der Waals surface area contributed by atoms with Crippen LogP contribution in [0.4, 0.5) is 0 Å². The molecule has 9 heavy (non-hydrogen) atoms. The van der Waals surface area contributed by atoms with Gasteiger partial charge in [0.15, 0.2) is 0 Å². The molecule has 1 saturated heterocycles. The zero-order valence-corrected chi connectivity index (χ0v) is 5.55. The standard InChI is InChI=1S/C5H10O4/c1-6-5(7-2)8-3-4-9-5/h3-4H2,1-2H3. The Morgan fingerprint density at radius 3 is 1.78 bits per heavy atom. The number of ether oxygens (including phenoxy) is 4. The Morgan fingerprint density at radius 1 is 1.11 bits per heavy atom. The fourth-order valence-corrected chi connectivity index (χ4v) is 0.694. The van der Waals surface area contributed by atoms with Crippen molar-refractivity contribution >= 4 is 0 Å². The molecule has 0 atom stereocenters. The van der Waals surface area contributed by atoms with Gasteiger partial charge in [-0.3, -0.25) is 0 Å². The number of hydrogen-bond donors (Lipinski definition) is 0. The van der Waals surface area contributed by atoms with E-state index in [1.54, 1.807) is 0 Å². The van der Waals surface area contributed by atoms with Crippen molar-refractivity contribution in [2.24, 2.45) is 0 Å². The fourth-order valence-electron chi connectivity index (χ4n) is 0.694. The molecule has 0 spiro atoms. The highest BCUT2D eigenvalue weighted by Gasteiger charge is 2.37. The van der Waals surface area contributed by atoms with Crippen LogP contribution in [-0.2, 0) is 18.9 Å². The van der Waals surface area contributed by atoms with Gasteiger partial charge in [0.1, 0.15) is 0 Å². The molecule has 1 rings (SSSR count). The van der Waals surface area contributed by atoms with Crippen LogP contribution in [0.5, 0.6) is 0 Å². The van der Waals surface area contributed by atoms with E-state index in [0.29, 0.717) is 13.2 Å². The van der Waals surface area contributed by atoms with Gasteiger partial charge in [-0.2, -0.15) is 0 Å². The van der Waals surface area contributed by atoms with Crippen LogP contribution in [0.15, 0.2) is 0 Å². The number of methoxy groups -OCH3 is 2. The topological polar surface area (TPSA) is 36.9 Å². The maximum atomic E-state index is 4.97. The Balaban J connectivity index is 2.45. The summed E-state index contributed by atoms with van der Waals surface area (Å²) in [5.41, 5.74) is 0. The van der Waals surface area contributed by atoms with Gasteiger partial charge in [0.05, 0.1) is 13.2 Å². The lowest BCUT2D eigenvalue weighted by Crippen LogP contribution is -2.34. The molecule has 1 fully saturated rings. The van der Waals surface area contributed by atoms with Gasteiger partial charge in [-0.15, -0.1) is 0 Å². The highest BCUT2D eigenvalue weighted by atomic mass is 17.0. The van der Waals surface area contributed by atoms with Crippen molar-refractivity contribution in [3.05, 3.63) is 0 Å². The molecule has 54 valence electrons. The van der Waals surface area contributed by atoms with E-state index < -0.39 is 6.16 Å². The van der Waals surface area contributed by atoms with E-state index in [2.05, 4.69) is 0 Å². The van der Waals surface area contributed by atoms with E-state index in [0.717, 1.165) is 0 Å². The maximum Gasteiger partial charge on any atom is 0.412 e. The van der Waals surface area contributed by atoms with Gasteiger partial charge in [-0.1, -0.05) is 0 Å². The SMILES string of the molecule is COC1(OC)OCCO1. The zero-order chi connectivity index (χ0) is 6.74. The second kappa shape index (κ2) is 2.62. The lowest BCUT2D eigenvalue weighted by atomic mass is 10.8. The minimum absolute atomic E-state index is 0.516. The highest BCUT2D eigenvalue weighted by molar-refractivity contribution is 4.47. The molecule has 0 aromatic heterocycles. The Kier molecular flexibility index (Phi) is 2.02. The average molecular weight is 134 g/mol. The summed E-state index contributed by atoms with van der Waals surface area (Å²) in [6.07, 6.45) is -1.22. The summed E-state index contributed by atoms with van der Waals surface area (Å²) in [7, 11) is 2.93. The van der Waals surface area contributed by atoms with E-state index in [-0.39, 0.29) is 0 Å². The molecule has 0 unspecified atom stereocenters. The van der Waals surface area contributed by atoms with Gasteiger partial charge in [0.25, 0.3) is 0 Å². The molecule has 0 aliphatic carbocycles. The molecule has 0 bridgehead atoms. The molecule has 0 aromatic rings.